The molecule has 1 aliphatic heterocycles. The summed E-state index contributed by atoms with van der Waals surface area (Å²) >= 11 is 0. The molecule has 2 rings (SSSR count). The van der Waals surface area contributed by atoms with E-state index in [1.165, 1.54) is 19.4 Å². The van der Waals surface area contributed by atoms with Gasteiger partial charge in [-0.05, 0) is 45.5 Å². The number of rotatable bonds is 3. The lowest BCUT2D eigenvalue weighted by molar-refractivity contribution is 0.135. The standard InChI is InChI=1S/C12H20N2O/c1-10(12-6-4-8-15-12)14-7-3-5-11(9-14)13-2/h4,6,8,10-11,13H,3,5,7,9H2,1-2H3/t10-,11+/m0/s1. The van der Waals surface area contributed by atoms with Crippen molar-refractivity contribution in [3.63, 3.8) is 0 Å². The predicted octanol–water partition coefficient (Wildman–Crippen LogP) is 2.02. The zero-order chi connectivity index (χ0) is 10.7. The first kappa shape index (κ1) is 10.7. The molecule has 1 aromatic rings. The van der Waals surface area contributed by atoms with E-state index in [0.29, 0.717) is 12.1 Å². The smallest absolute Gasteiger partial charge is 0.120 e. The molecule has 0 aromatic carbocycles. The fraction of sp³-hybridized carbons (Fsp3) is 0.667. The molecule has 2 heterocycles. The number of piperidine rings is 1. The third kappa shape index (κ3) is 2.41. The second kappa shape index (κ2) is 4.81. The molecule has 3 nitrogen and oxygen atoms in total. The Morgan fingerprint density at radius 1 is 1.60 bits per heavy atom. The van der Waals surface area contributed by atoms with Gasteiger partial charge in [0.15, 0.2) is 0 Å². The number of likely N-dealkylation sites (N-methyl/N-ethyl adjacent to an activating group) is 1. The highest BCUT2D eigenvalue weighted by atomic mass is 16.3. The van der Waals surface area contributed by atoms with Gasteiger partial charge in [-0.25, -0.2) is 0 Å². The van der Waals surface area contributed by atoms with Gasteiger partial charge in [0.1, 0.15) is 5.76 Å². The van der Waals surface area contributed by atoms with Crippen molar-refractivity contribution in [2.75, 3.05) is 20.1 Å². The van der Waals surface area contributed by atoms with E-state index in [-0.39, 0.29) is 0 Å². The van der Waals surface area contributed by atoms with E-state index in [0.717, 1.165) is 12.3 Å². The highest BCUT2D eigenvalue weighted by Gasteiger charge is 2.24. The maximum absolute atomic E-state index is 5.46. The molecule has 2 atom stereocenters. The Morgan fingerprint density at radius 3 is 3.13 bits per heavy atom. The number of nitrogens with zero attached hydrogens (tertiary/aromatic N) is 1. The summed E-state index contributed by atoms with van der Waals surface area (Å²) < 4.78 is 5.46. The highest BCUT2D eigenvalue weighted by molar-refractivity contribution is 5.04. The lowest BCUT2D eigenvalue weighted by Gasteiger charge is -2.35. The van der Waals surface area contributed by atoms with Crippen LogP contribution in [-0.2, 0) is 0 Å². The molecule has 0 saturated carbocycles. The van der Waals surface area contributed by atoms with Crippen molar-refractivity contribution in [1.29, 1.82) is 0 Å². The van der Waals surface area contributed by atoms with Crippen LogP contribution < -0.4 is 5.32 Å². The highest BCUT2D eigenvalue weighted by Crippen LogP contribution is 2.24. The monoisotopic (exact) mass is 208 g/mol. The Bertz CT molecular complexity index is 284. The zero-order valence-electron chi connectivity index (χ0n) is 9.57. The Kier molecular flexibility index (Phi) is 3.44. The van der Waals surface area contributed by atoms with E-state index in [2.05, 4.69) is 23.2 Å². The molecule has 15 heavy (non-hydrogen) atoms. The van der Waals surface area contributed by atoms with Crippen molar-refractivity contribution in [2.24, 2.45) is 0 Å². The summed E-state index contributed by atoms with van der Waals surface area (Å²) in [5, 5.41) is 3.36. The first-order valence-corrected chi connectivity index (χ1v) is 5.76. The number of hydrogen-bond acceptors (Lipinski definition) is 3. The van der Waals surface area contributed by atoms with Gasteiger partial charge in [-0.15, -0.1) is 0 Å². The largest absolute Gasteiger partial charge is 0.468 e. The SMILES string of the molecule is CN[C@@H]1CCCN([C@@H](C)c2ccco2)C1. The minimum atomic E-state index is 0.399. The van der Waals surface area contributed by atoms with Crippen molar-refractivity contribution in [1.82, 2.24) is 10.2 Å². The molecule has 1 saturated heterocycles. The minimum absolute atomic E-state index is 0.399. The molecule has 84 valence electrons. The number of furan rings is 1. The molecule has 1 aliphatic rings. The third-order valence-electron chi connectivity index (χ3n) is 3.36. The van der Waals surface area contributed by atoms with Gasteiger partial charge in [0.2, 0.25) is 0 Å². The summed E-state index contributed by atoms with van der Waals surface area (Å²) in [5.41, 5.74) is 0. The molecule has 1 aromatic heterocycles. The maximum atomic E-state index is 5.46. The van der Waals surface area contributed by atoms with Gasteiger partial charge >= 0.3 is 0 Å². The van der Waals surface area contributed by atoms with Gasteiger partial charge < -0.3 is 9.73 Å². The second-order valence-electron chi connectivity index (χ2n) is 4.31. The zero-order valence-corrected chi connectivity index (χ0v) is 9.57. The number of likely N-dealkylation sites (tertiary alicyclic amines) is 1. The van der Waals surface area contributed by atoms with Gasteiger partial charge in [-0.1, -0.05) is 0 Å². The van der Waals surface area contributed by atoms with Crippen LogP contribution in [0.5, 0.6) is 0 Å². The minimum Gasteiger partial charge on any atom is -0.468 e. The van der Waals surface area contributed by atoms with Gasteiger partial charge in [-0.3, -0.25) is 4.90 Å². The third-order valence-corrected chi connectivity index (χ3v) is 3.36. The summed E-state index contributed by atoms with van der Waals surface area (Å²) in [6.07, 6.45) is 4.32. The molecular weight excluding hydrogens is 188 g/mol. The number of hydrogen-bond donors (Lipinski definition) is 1. The van der Waals surface area contributed by atoms with E-state index in [9.17, 15) is 0 Å². The van der Waals surface area contributed by atoms with Crippen LogP contribution in [0.15, 0.2) is 22.8 Å². The lowest BCUT2D eigenvalue weighted by atomic mass is 10.0. The molecule has 0 radical (unpaired) electrons. The molecule has 0 spiro atoms. The van der Waals surface area contributed by atoms with Crippen LogP contribution in [0.2, 0.25) is 0 Å². The lowest BCUT2D eigenvalue weighted by Crippen LogP contribution is -2.45. The van der Waals surface area contributed by atoms with E-state index in [1.54, 1.807) is 6.26 Å². The average molecular weight is 208 g/mol. The maximum Gasteiger partial charge on any atom is 0.120 e. The van der Waals surface area contributed by atoms with E-state index in [1.807, 2.05) is 13.1 Å². The molecule has 1 N–H and O–H groups in total. The Morgan fingerprint density at radius 2 is 2.47 bits per heavy atom. The van der Waals surface area contributed by atoms with Crippen LogP contribution in [0.1, 0.15) is 31.6 Å². The average Bonchev–Trinajstić information content (AvgIpc) is 2.81. The fourth-order valence-electron chi connectivity index (χ4n) is 2.30. The van der Waals surface area contributed by atoms with Gasteiger partial charge in [0, 0.05) is 12.6 Å². The van der Waals surface area contributed by atoms with Crippen LogP contribution in [0.25, 0.3) is 0 Å². The molecular formula is C12H20N2O. The van der Waals surface area contributed by atoms with Crippen LogP contribution >= 0.6 is 0 Å². The van der Waals surface area contributed by atoms with Crippen molar-refractivity contribution in [3.05, 3.63) is 24.2 Å². The molecule has 0 unspecified atom stereocenters. The van der Waals surface area contributed by atoms with Crippen LogP contribution in [0, 0.1) is 0 Å². The van der Waals surface area contributed by atoms with Gasteiger partial charge in [0.25, 0.3) is 0 Å². The molecule has 0 bridgehead atoms. The van der Waals surface area contributed by atoms with E-state index >= 15 is 0 Å². The Hall–Kier alpha value is -0.800. The predicted molar refractivity (Wildman–Crippen MR) is 60.8 cm³/mol. The van der Waals surface area contributed by atoms with Gasteiger partial charge in [0.05, 0.1) is 12.3 Å². The van der Waals surface area contributed by atoms with Crippen molar-refractivity contribution >= 4 is 0 Å². The number of nitrogens with one attached hydrogen (secondary N) is 1. The first-order valence-electron chi connectivity index (χ1n) is 5.76. The van der Waals surface area contributed by atoms with Crippen LogP contribution in [0.4, 0.5) is 0 Å². The topological polar surface area (TPSA) is 28.4 Å². The second-order valence-corrected chi connectivity index (χ2v) is 4.31. The Labute approximate surface area is 91.4 Å². The van der Waals surface area contributed by atoms with Crippen LogP contribution in [-0.4, -0.2) is 31.1 Å². The van der Waals surface area contributed by atoms with E-state index in [4.69, 9.17) is 4.42 Å². The van der Waals surface area contributed by atoms with Crippen molar-refractivity contribution in [2.45, 2.75) is 31.8 Å². The summed E-state index contributed by atoms with van der Waals surface area (Å²) in [6.45, 7) is 4.52. The summed E-state index contributed by atoms with van der Waals surface area (Å²) in [5.74, 6) is 1.08. The van der Waals surface area contributed by atoms with Crippen LogP contribution in [0.3, 0.4) is 0 Å². The summed E-state index contributed by atoms with van der Waals surface area (Å²) in [4.78, 5) is 2.49. The normalized spacial score (nSPS) is 25.3. The van der Waals surface area contributed by atoms with Crippen molar-refractivity contribution < 1.29 is 4.42 Å². The first-order chi connectivity index (χ1) is 7.31. The molecule has 0 amide bonds. The van der Waals surface area contributed by atoms with E-state index < -0.39 is 0 Å². The van der Waals surface area contributed by atoms with Gasteiger partial charge in [-0.2, -0.15) is 0 Å². The fourth-order valence-corrected chi connectivity index (χ4v) is 2.30. The molecule has 0 aliphatic carbocycles. The summed E-state index contributed by atoms with van der Waals surface area (Å²) in [7, 11) is 2.05. The Balaban J connectivity index is 1.98. The quantitative estimate of drug-likeness (QED) is 0.824. The van der Waals surface area contributed by atoms with Crippen molar-refractivity contribution in [3.8, 4) is 0 Å². The molecule has 3 heteroatoms. The molecule has 1 fully saturated rings. The summed E-state index contributed by atoms with van der Waals surface area (Å²) in [6, 6.07) is 5.06.